The Morgan fingerprint density at radius 1 is 0.871 bits per heavy atom. The fraction of sp³-hybridized carbons (Fsp3) is 0.154. The van der Waals surface area contributed by atoms with E-state index in [-0.39, 0.29) is 11.8 Å². The summed E-state index contributed by atoms with van der Waals surface area (Å²) in [6, 6.07) is 30.5. The van der Waals surface area contributed by atoms with Crippen LogP contribution in [0.4, 0.5) is 5.82 Å². The maximum absolute atomic E-state index is 13.3. The first-order chi connectivity index (χ1) is 15.3. The molecule has 0 spiro atoms. The molecule has 0 aliphatic carbocycles. The van der Waals surface area contributed by atoms with Gasteiger partial charge in [-0.3, -0.25) is 4.79 Å². The van der Waals surface area contributed by atoms with Crippen molar-refractivity contribution in [1.29, 1.82) is 0 Å². The van der Waals surface area contributed by atoms with Gasteiger partial charge in [-0.2, -0.15) is 16.9 Å². The summed E-state index contributed by atoms with van der Waals surface area (Å²) in [6.07, 6.45) is 0.371. The van der Waals surface area contributed by atoms with Crippen LogP contribution in [0.2, 0.25) is 0 Å². The highest BCUT2D eigenvalue weighted by Crippen LogP contribution is 2.36. The highest BCUT2D eigenvalue weighted by Gasteiger charge is 2.26. The molecule has 0 saturated heterocycles. The second-order valence-corrected chi connectivity index (χ2v) is 8.63. The summed E-state index contributed by atoms with van der Waals surface area (Å²) < 4.78 is 1.88. The lowest BCUT2D eigenvalue weighted by Gasteiger charge is -2.18. The maximum Gasteiger partial charge on any atom is 0.226 e. The summed E-state index contributed by atoms with van der Waals surface area (Å²) in [5, 5.41) is 8.00. The first-order valence-electron chi connectivity index (χ1n) is 10.4. The molecule has 1 aliphatic heterocycles. The van der Waals surface area contributed by atoms with E-state index in [1.165, 1.54) is 0 Å². The van der Waals surface area contributed by atoms with Crippen LogP contribution in [0.15, 0.2) is 91.0 Å². The summed E-state index contributed by atoms with van der Waals surface area (Å²) in [5.41, 5.74) is 5.44. The van der Waals surface area contributed by atoms with Gasteiger partial charge in [-0.05, 0) is 23.3 Å². The average Bonchev–Trinajstić information content (AvgIpc) is 3.42. The molecule has 5 heteroatoms. The van der Waals surface area contributed by atoms with Gasteiger partial charge in [0, 0.05) is 29.4 Å². The minimum atomic E-state index is -0.00510. The molecule has 0 unspecified atom stereocenters. The largest absolute Gasteiger partial charge is 0.310 e. The molecule has 1 N–H and O–H groups in total. The standard InChI is InChI=1S/C26H23N3OS/c30-25(16-22(19-10-4-1-5-11-19)20-12-6-2-7-13-20)27-26-23-17-31-18-24(23)28-29(26)21-14-8-3-9-15-21/h1-15,22H,16-18H2,(H,27,30). The zero-order valence-electron chi connectivity index (χ0n) is 17.1. The monoisotopic (exact) mass is 425 g/mol. The van der Waals surface area contributed by atoms with Crippen molar-refractivity contribution in [2.24, 2.45) is 0 Å². The highest BCUT2D eigenvalue weighted by molar-refractivity contribution is 7.98. The molecule has 0 radical (unpaired) electrons. The molecule has 1 aliphatic rings. The van der Waals surface area contributed by atoms with Crippen LogP contribution in [0.1, 0.15) is 34.7 Å². The molecule has 154 valence electrons. The van der Waals surface area contributed by atoms with E-state index >= 15 is 0 Å². The number of benzene rings is 3. The number of aromatic nitrogens is 2. The Labute approximate surface area is 186 Å². The van der Waals surface area contributed by atoms with Crippen molar-refractivity contribution in [3.05, 3.63) is 113 Å². The normalized spacial score (nSPS) is 12.7. The fourth-order valence-corrected chi connectivity index (χ4v) is 5.10. The molecule has 0 fully saturated rings. The van der Waals surface area contributed by atoms with E-state index in [0.717, 1.165) is 45.4 Å². The van der Waals surface area contributed by atoms with Crippen molar-refractivity contribution in [1.82, 2.24) is 9.78 Å². The number of hydrogen-bond acceptors (Lipinski definition) is 3. The van der Waals surface area contributed by atoms with E-state index in [9.17, 15) is 4.79 Å². The number of fused-ring (bicyclic) bond motifs is 1. The summed E-state index contributed by atoms with van der Waals surface area (Å²) in [6.45, 7) is 0. The third-order valence-corrected chi connectivity index (χ3v) is 6.57. The predicted molar refractivity (Wildman–Crippen MR) is 127 cm³/mol. The number of thioether (sulfide) groups is 1. The summed E-state index contributed by atoms with van der Waals surface area (Å²) in [5.74, 6) is 2.55. The van der Waals surface area contributed by atoms with Gasteiger partial charge in [-0.25, -0.2) is 4.68 Å². The van der Waals surface area contributed by atoms with Crippen LogP contribution in [0, 0.1) is 0 Å². The zero-order chi connectivity index (χ0) is 21.0. The van der Waals surface area contributed by atoms with Crippen LogP contribution in [0.25, 0.3) is 5.69 Å². The molecule has 0 atom stereocenters. The molecule has 5 rings (SSSR count). The second kappa shape index (κ2) is 8.82. The van der Waals surface area contributed by atoms with E-state index in [0.29, 0.717) is 6.42 Å². The molecule has 0 saturated carbocycles. The number of nitrogens with zero attached hydrogens (tertiary/aromatic N) is 2. The van der Waals surface area contributed by atoms with Crippen LogP contribution in [0.3, 0.4) is 0 Å². The molecule has 1 amide bonds. The van der Waals surface area contributed by atoms with Gasteiger partial charge in [-0.1, -0.05) is 78.9 Å². The summed E-state index contributed by atoms with van der Waals surface area (Å²) in [7, 11) is 0. The van der Waals surface area contributed by atoms with Gasteiger partial charge in [0.25, 0.3) is 0 Å². The van der Waals surface area contributed by atoms with Crippen molar-refractivity contribution >= 4 is 23.5 Å². The molecule has 0 bridgehead atoms. The van der Waals surface area contributed by atoms with Crippen molar-refractivity contribution in [3.8, 4) is 5.69 Å². The van der Waals surface area contributed by atoms with Crippen LogP contribution in [0.5, 0.6) is 0 Å². The number of carbonyl (C=O) groups excluding carboxylic acids is 1. The van der Waals surface area contributed by atoms with Crippen molar-refractivity contribution in [3.63, 3.8) is 0 Å². The highest BCUT2D eigenvalue weighted by atomic mass is 32.2. The van der Waals surface area contributed by atoms with Gasteiger partial charge in [0.2, 0.25) is 5.91 Å². The summed E-state index contributed by atoms with van der Waals surface area (Å²) >= 11 is 1.84. The van der Waals surface area contributed by atoms with E-state index in [2.05, 4.69) is 29.6 Å². The van der Waals surface area contributed by atoms with E-state index < -0.39 is 0 Å². The molecule has 31 heavy (non-hydrogen) atoms. The molecular weight excluding hydrogens is 402 g/mol. The van der Waals surface area contributed by atoms with Gasteiger partial charge in [0.15, 0.2) is 0 Å². The van der Waals surface area contributed by atoms with Crippen molar-refractivity contribution < 1.29 is 4.79 Å². The molecule has 4 aromatic rings. The summed E-state index contributed by atoms with van der Waals surface area (Å²) in [4.78, 5) is 13.3. The Balaban J connectivity index is 1.45. The van der Waals surface area contributed by atoms with Gasteiger partial charge >= 0.3 is 0 Å². The number of amides is 1. The number of anilines is 1. The van der Waals surface area contributed by atoms with Gasteiger partial charge < -0.3 is 5.32 Å². The van der Waals surface area contributed by atoms with Crippen LogP contribution < -0.4 is 5.32 Å². The minimum absolute atomic E-state index is 0.00193. The Hall–Kier alpha value is -3.31. The first-order valence-corrected chi connectivity index (χ1v) is 11.6. The quantitative estimate of drug-likeness (QED) is 0.426. The van der Waals surface area contributed by atoms with Gasteiger partial charge in [0.05, 0.1) is 11.4 Å². The Morgan fingerprint density at radius 3 is 2.06 bits per heavy atom. The number of hydrogen-bond donors (Lipinski definition) is 1. The third-order valence-electron chi connectivity index (χ3n) is 5.60. The number of carbonyl (C=O) groups is 1. The van der Waals surface area contributed by atoms with Crippen LogP contribution in [-0.2, 0) is 16.3 Å². The van der Waals surface area contributed by atoms with E-state index in [1.54, 1.807) is 0 Å². The lowest BCUT2D eigenvalue weighted by Crippen LogP contribution is -2.19. The number of para-hydroxylation sites is 1. The number of nitrogens with one attached hydrogen (secondary N) is 1. The van der Waals surface area contributed by atoms with Gasteiger partial charge in [0.1, 0.15) is 5.82 Å². The molecule has 2 heterocycles. The lowest BCUT2D eigenvalue weighted by molar-refractivity contribution is -0.116. The molecule has 4 nitrogen and oxygen atoms in total. The minimum Gasteiger partial charge on any atom is -0.310 e. The maximum atomic E-state index is 13.3. The molecular formula is C26H23N3OS. The van der Waals surface area contributed by atoms with E-state index in [1.807, 2.05) is 83.2 Å². The second-order valence-electron chi connectivity index (χ2n) is 7.64. The molecule has 1 aromatic heterocycles. The zero-order valence-corrected chi connectivity index (χ0v) is 17.9. The van der Waals surface area contributed by atoms with Crippen LogP contribution in [-0.4, -0.2) is 15.7 Å². The average molecular weight is 426 g/mol. The Kier molecular flexibility index (Phi) is 5.59. The third kappa shape index (κ3) is 4.14. The smallest absolute Gasteiger partial charge is 0.226 e. The fourth-order valence-electron chi connectivity index (χ4n) is 4.06. The van der Waals surface area contributed by atoms with Crippen molar-refractivity contribution in [2.45, 2.75) is 23.8 Å². The molecule has 3 aromatic carbocycles. The van der Waals surface area contributed by atoms with Gasteiger partial charge in [-0.15, -0.1) is 0 Å². The first kappa shape index (κ1) is 19.6. The predicted octanol–water partition coefficient (Wildman–Crippen LogP) is 5.78. The Morgan fingerprint density at radius 2 is 1.45 bits per heavy atom. The lowest BCUT2D eigenvalue weighted by atomic mass is 9.88. The number of rotatable bonds is 6. The topological polar surface area (TPSA) is 46.9 Å². The van der Waals surface area contributed by atoms with Crippen LogP contribution >= 0.6 is 11.8 Å². The van der Waals surface area contributed by atoms with Crippen molar-refractivity contribution in [2.75, 3.05) is 5.32 Å². The van der Waals surface area contributed by atoms with E-state index in [4.69, 9.17) is 5.10 Å². The SMILES string of the molecule is O=C(CC(c1ccccc1)c1ccccc1)Nc1c2c(nn1-c1ccccc1)CSC2. The Bertz CT molecular complexity index is 1130.